The van der Waals surface area contributed by atoms with Gasteiger partial charge in [0.05, 0.1) is 17.9 Å². The summed E-state index contributed by atoms with van der Waals surface area (Å²) in [6, 6.07) is 6.56. The molecule has 2 saturated heterocycles. The van der Waals surface area contributed by atoms with E-state index in [9.17, 15) is 9.59 Å². The normalized spacial score (nSPS) is 19.3. The van der Waals surface area contributed by atoms with Crippen LogP contribution in [-0.4, -0.2) is 60.9 Å². The number of piperidine rings is 1. The predicted molar refractivity (Wildman–Crippen MR) is 149 cm³/mol. The number of piperazine rings is 1. The van der Waals surface area contributed by atoms with Gasteiger partial charge in [-0.1, -0.05) is 32.9 Å². The van der Waals surface area contributed by atoms with Crippen LogP contribution in [0.2, 0.25) is 0 Å². The fraction of sp³-hybridized carbons (Fsp3) is 0.567. The number of hydrogen-bond donors (Lipinski definition) is 1. The first-order valence-electron chi connectivity index (χ1n) is 13.8. The number of hydrogen-bond acceptors (Lipinski definition) is 4. The van der Waals surface area contributed by atoms with Crippen molar-refractivity contribution in [1.29, 1.82) is 0 Å². The van der Waals surface area contributed by atoms with Crippen molar-refractivity contribution < 1.29 is 9.59 Å². The Morgan fingerprint density at radius 1 is 1.08 bits per heavy atom. The number of allylic oxidation sites excluding steroid dienone is 2. The molecule has 2 fully saturated rings. The number of nitrogens with one attached hydrogen (secondary N) is 1. The fourth-order valence-electron chi connectivity index (χ4n) is 6.12. The molecular formula is C30H41N5O2. The standard InChI is InChI=1S/C30H41N5O2/c1-6-30(7-2,35-18-16-33(17-19-35)23(4)36)25-9-11-27(28(21-25)34-14-12-22(3)13-15-34)32-29(37)24-8-10-26(20-24)31-5/h9-11,20-22H,6-8,12-19H2,1-4H3,(H,32,37). The smallest absolute Gasteiger partial charge is 0.250 e. The molecule has 37 heavy (non-hydrogen) atoms. The number of benzene rings is 1. The van der Waals surface area contributed by atoms with E-state index < -0.39 is 0 Å². The molecule has 0 radical (unpaired) electrons. The number of amides is 2. The molecule has 1 N–H and O–H groups in total. The summed E-state index contributed by atoms with van der Waals surface area (Å²) in [5, 5.41) is 3.18. The third kappa shape index (κ3) is 5.60. The average molecular weight is 504 g/mol. The Morgan fingerprint density at radius 2 is 1.76 bits per heavy atom. The van der Waals surface area contributed by atoms with Gasteiger partial charge in [-0.2, -0.15) is 0 Å². The topological polar surface area (TPSA) is 60.3 Å². The number of rotatable bonds is 7. The van der Waals surface area contributed by atoms with Crippen molar-refractivity contribution in [3.8, 4) is 0 Å². The lowest BCUT2D eigenvalue weighted by molar-refractivity contribution is -0.131. The van der Waals surface area contributed by atoms with Crippen LogP contribution in [0.1, 0.15) is 65.4 Å². The third-order valence-corrected chi connectivity index (χ3v) is 8.68. The van der Waals surface area contributed by atoms with Crippen LogP contribution in [-0.2, 0) is 15.1 Å². The lowest BCUT2D eigenvalue weighted by Gasteiger charge is -2.48. The molecule has 0 spiro atoms. The first-order chi connectivity index (χ1) is 17.8. The van der Waals surface area contributed by atoms with Gasteiger partial charge in [-0.25, -0.2) is 4.85 Å². The molecule has 2 aliphatic heterocycles. The van der Waals surface area contributed by atoms with E-state index in [0.717, 1.165) is 76.3 Å². The molecule has 1 aromatic rings. The molecule has 0 atom stereocenters. The van der Waals surface area contributed by atoms with Crippen LogP contribution in [0.5, 0.6) is 0 Å². The lowest BCUT2D eigenvalue weighted by atomic mass is 9.81. The van der Waals surface area contributed by atoms with E-state index in [4.69, 9.17) is 6.57 Å². The maximum absolute atomic E-state index is 13.1. The third-order valence-electron chi connectivity index (χ3n) is 8.68. The molecule has 0 bridgehead atoms. The molecule has 7 nitrogen and oxygen atoms in total. The van der Waals surface area contributed by atoms with Crippen molar-refractivity contribution in [2.24, 2.45) is 5.92 Å². The van der Waals surface area contributed by atoms with Gasteiger partial charge in [-0.05, 0) is 61.8 Å². The molecule has 0 unspecified atom stereocenters. The Hall–Kier alpha value is -3.11. The molecule has 4 rings (SSSR count). The van der Waals surface area contributed by atoms with Crippen LogP contribution < -0.4 is 10.2 Å². The predicted octanol–water partition coefficient (Wildman–Crippen LogP) is 5.17. The summed E-state index contributed by atoms with van der Waals surface area (Å²) in [4.78, 5) is 35.4. The minimum Gasteiger partial charge on any atom is -0.370 e. The Kier molecular flexibility index (Phi) is 8.39. The number of carbonyl (C=O) groups is 2. The van der Waals surface area contributed by atoms with Gasteiger partial charge in [0.2, 0.25) is 5.91 Å². The van der Waals surface area contributed by atoms with E-state index >= 15 is 0 Å². The molecule has 0 aromatic heterocycles. The van der Waals surface area contributed by atoms with Gasteiger partial charge in [0.25, 0.3) is 5.91 Å². The molecule has 2 heterocycles. The Morgan fingerprint density at radius 3 is 2.32 bits per heavy atom. The number of nitrogens with zero attached hydrogens (tertiary/aromatic N) is 4. The monoisotopic (exact) mass is 503 g/mol. The minimum atomic E-state index is -0.133. The Labute approximate surface area is 222 Å². The van der Waals surface area contributed by atoms with Crippen molar-refractivity contribution in [3.63, 3.8) is 0 Å². The highest BCUT2D eigenvalue weighted by Crippen LogP contribution is 2.41. The van der Waals surface area contributed by atoms with Crippen LogP contribution in [0, 0.1) is 12.5 Å². The van der Waals surface area contributed by atoms with E-state index in [1.54, 1.807) is 19.1 Å². The summed E-state index contributed by atoms with van der Waals surface area (Å²) in [5.41, 5.74) is 4.24. The van der Waals surface area contributed by atoms with E-state index in [2.05, 4.69) is 58.9 Å². The maximum atomic E-state index is 13.1. The Bertz CT molecular complexity index is 1110. The SMILES string of the molecule is [C-]#[N+]C1=CCC(C(=O)Nc2ccc(C(CC)(CC)N3CCN(C(C)=O)CC3)cc2N2CCC(C)CC2)=C1. The van der Waals surface area contributed by atoms with Gasteiger partial charge >= 0.3 is 0 Å². The summed E-state index contributed by atoms with van der Waals surface area (Å²) in [6.07, 6.45) is 8.23. The second-order valence-corrected chi connectivity index (χ2v) is 10.7. The largest absolute Gasteiger partial charge is 0.370 e. The molecule has 0 saturated carbocycles. The van der Waals surface area contributed by atoms with Crippen molar-refractivity contribution >= 4 is 23.2 Å². The first-order valence-corrected chi connectivity index (χ1v) is 13.8. The zero-order valence-electron chi connectivity index (χ0n) is 22.8. The summed E-state index contributed by atoms with van der Waals surface area (Å²) in [6.45, 7) is 20.9. The maximum Gasteiger partial charge on any atom is 0.250 e. The van der Waals surface area contributed by atoms with Crippen LogP contribution in [0.25, 0.3) is 4.85 Å². The summed E-state index contributed by atoms with van der Waals surface area (Å²) < 4.78 is 0. The van der Waals surface area contributed by atoms with Crippen molar-refractivity contribution in [2.45, 2.75) is 65.3 Å². The minimum absolute atomic E-state index is 0.119. The van der Waals surface area contributed by atoms with Gasteiger partial charge in [0.1, 0.15) is 0 Å². The molecule has 198 valence electrons. The zero-order valence-corrected chi connectivity index (χ0v) is 22.8. The number of carbonyl (C=O) groups excluding carboxylic acids is 2. The van der Waals surface area contributed by atoms with E-state index in [-0.39, 0.29) is 17.4 Å². The van der Waals surface area contributed by atoms with Crippen LogP contribution in [0.4, 0.5) is 11.4 Å². The van der Waals surface area contributed by atoms with Gasteiger partial charge < -0.3 is 15.1 Å². The van der Waals surface area contributed by atoms with Crippen molar-refractivity contribution in [1.82, 2.24) is 9.80 Å². The highest BCUT2D eigenvalue weighted by molar-refractivity contribution is 6.06. The second-order valence-electron chi connectivity index (χ2n) is 10.7. The highest BCUT2D eigenvalue weighted by Gasteiger charge is 2.38. The van der Waals surface area contributed by atoms with Gasteiger partial charge in [-0.3, -0.25) is 14.5 Å². The molecular weight excluding hydrogens is 462 g/mol. The van der Waals surface area contributed by atoms with E-state index in [1.165, 1.54) is 5.56 Å². The van der Waals surface area contributed by atoms with Crippen LogP contribution in [0.15, 0.2) is 41.6 Å². The van der Waals surface area contributed by atoms with Gasteiger partial charge in [0.15, 0.2) is 5.70 Å². The Balaban J connectivity index is 1.66. The molecule has 1 aliphatic carbocycles. The van der Waals surface area contributed by atoms with Crippen LogP contribution in [0.3, 0.4) is 0 Å². The molecule has 2 amide bonds. The number of anilines is 2. The molecule has 1 aromatic carbocycles. The summed E-state index contributed by atoms with van der Waals surface area (Å²) >= 11 is 0. The highest BCUT2D eigenvalue weighted by atomic mass is 16.2. The quantitative estimate of drug-likeness (QED) is 0.521. The van der Waals surface area contributed by atoms with Gasteiger partial charge in [0, 0.05) is 57.3 Å². The lowest BCUT2D eigenvalue weighted by Crippen LogP contribution is -2.56. The summed E-state index contributed by atoms with van der Waals surface area (Å²) in [5.74, 6) is 0.727. The van der Waals surface area contributed by atoms with Crippen molar-refractivity contribution in [2.75, 3.05) is 49.5 Å². The summed E-state index contributed by atoms with van der Waals surface area (Å²) in [7, 11) is 0. The average Bonchev–Trinajstić information content (AvgIpc) is 3.41. The van der Waals surface area contributed by atoms with Crippen LogP contribution >= 0.6 is 0 Å². The first kappa shape index (κ1) is 26.9. The molecule has 3 aliphatic rings. The van der Waals surface area contributed by atoms with E-state index in [1.807, 2.05) is 4.90 Å². The van der Waals surface area contributed by atoms with Gasteiger partial charge in [-0.15, -0.1) is 0 Å². The molecule has 7 heteroatoms. The fourth-order valence-corrected chi connectivity index (χ4v) is 6.12. The van der Waals surface area contributed by atoms with E-state index in [0.29, 0.717) is 23.6 Å². The zero-order chi connectivity index (χ0) is 26.6. The van der Waals surface area contributed by atoms with Crippen molar-refractivity contribution in [3.05, 3.63) is 58.6 Å². The second kappa shape index (κ2) is 11.5.